The fourth-order valence-corrected chi connectivity index (χ4v) is 7.03. The van der Waals surface area contributed by atoms with Crippen molar-refractivity contribution in [3.8, 4) is 50.2 Å². The maximum absolute atomic E-state index is 8.71. The third-order valence-electron chi connectivity index (χ3n) is 9.20. The number of hydrogen-bond donors (Lipinski definition) is 0. The van der Waals surface area contributed by atoms with Gasteiger partial charge < -0.3 is 0 Å². The first-order valence-electron chi connectivity index (χ1n) is 21.1. The van der Waals surface area contributed by atoms with Crippen LogP contribution in [0.5, 0.6) is 0 Å². The van der Waals surface area contributed by atoms with Crippen LogP contribution < -0.4 is 0 Å². The highest BCUT2D eigenvalue weighted by Gasteiger charge is 2.18. The van der Waals surface area contributed by atoms with E-state index in [1.807, 2.05) is 97.1 Å². The van der Waals surface area contributed by atoms with Gasteiger partial charge >= 0.3 is 0 Å². The van der Waals surface area contributed by atoms with Crippen molar-refractivity contribution in [3.63, 3.8) is 0 Å². The minimum absolute atomic E-state index is 0.161. The Balaban J connectivity index is 1.17. The molecule has 0 unspecified atom stereocenters. The summed E-state index contributed by atoms with van der Waals surface area (Å²) >= 11 is 0. The van der Waals surface area contributed by atoms with E-state index in [2.05, 4.69) is 41.4 Å². The van der Waals surface area contributed by atoms with Crippen LogP contribution in [0.2, 0.25) is 0 Å². The Kier molecular flexibility index (Phi) is 4.98. The number of fused-ring (bicyclic) bond motifs is 3. The predicted molar refractivity (Wildman–Crippen MR) is 207 cm³/mol. The molecule has 0 saturated heterocycles. The molecule has 1 aromatic heterocycles. The van der Waals surface area contributed by atoms with Gasteiger partial charge in [-0.2, -0.15) is 0 Å². The van der Waals surface area contributed by atoms with E-state index in [4.69, 9.17) is 13.7 Å². The van der Waals surface area contributed by atoms with E-state index in [1.54, 1.807) is 16.7 Å². The zero-order valence-electron chi connectivity index (χ0n) is 36.3. The molecule has 0 spiro atoms. The SMILES string of the molecule is [2H]c1c([2H])c([2H])c(-c2ccc(-c3c4ccccc4c(-c4ccc(-c5ccccc5-n5c(C([2H])([2H])C([2H])([2H])[2H])nc6ccccc65)cc4)c4ccccc34)cc2)c([2H])c1[2H]. The third kappa shape index (κ3) is 4.92. The smallest absolute Gasteiger partial charge is 0.114 e. The van der Waals surface area contributed by atoms with Gasteiger partial charge in [-0.25, -0.2) is 4.98 Å². The average Bonchev–Trinajstić information content (AvgIpc) is 3.65. The zero-order chi connectivity index (χ0) is 41.4. The van der Waals surface area contributed by atoms with Crippen molar-refractivity contribution in [3.05, 3.63) is 182 Å². The lowest BCUT2D eigenvalue weighted by Gasteiger charge is -2.18. The standard InChI is InChI=1S/C47H34N2/c1-2-45-48-42-21-11-13-23-44(42)49(45)43-22-12-10-16-37(43)34-26-30-36(31-27-34)47-40-19-8-6-17-38(40)46(39-18-7-9-20-41(39)47)35-28-24-33(25-29-35)32-14-4-3-5-15-32/h3-31H,2H2,1H3/i1D3,2D2,3D,4D,5D,14D,15D. The molecule has 0 bridgehead atoms. The minimum atomic E-state index is -2.96. The highest BCUT2D eigenvalue weighted by atomic mass is 15.1. The van der Waals surface area contributed by atoms with Crippen molar-refractivity contribution in [2.24, 2.45) is 0 Å². The van der Waals surface area contributed by atoms with Gasteiger partial charge in [-0.15, -0.1) is 0 Å². The lowest BCUT2D eigenvalue weighted by atomic mass is 9.85. The maximum atomic E-state index is 8.71. The summed E-state index contributed by atoms with van der Waals surface area (Å²) in [5.74, 6) is -0.190. The Hall–Kier alpha value is -6.25. The average molecular weight is 637 g/mol. The maximum Gasteiger partial charge on any atom is 0.114 e. The van der Waals surface area contributed by atoms with Gasteiger partial charge in [0, 0.05) is 18.8 Å². The molecular formula is C47H34N2. The largest absolute Gasteiger partial charge is 0.296 e. The molecule has 0 aliphatic carbocycles. The Morgan fingerprint density at radius 3 is 1.65 bits per heavy atom. The zero-order valence-corrected chi connectivity index (χ0v) is 26.3. The normalized spacial score (nSPS) is 14.9. The molecule has 232 valence electrons. The summed E-state index contributed by atoms with van der Waals surface area (Å²) in [6, 6.07) is 45.2. The fraction of sp³-hybridized carbons (Fsp3) is 0.0426. The van der Waals surface area contributed by atoms with E-state index >= 15 is 0 Å². The number of imidazole rings is 1. The second kappa shape index (κ2) is 12.1. The molecule has 0 amide bonds. The molecule has 9 rings (SSSR count). The first kappa shape index (κ1) is 20.2. The van der Waals surface area contributed by atoms with Crippen molar-refractivity contribution >= 4 is 32.6 Å². The van der Waals surface area contributed by atoms with Gasteiger partial charge in [0.1, 0.15) is 5.82 Å². The Morgan fingerprint density at radius 2 is 1.04 bits per heavy atom. The first-order valence-corrected chi connectivity index (χ1v) is 16.1. The lowest BCUT2D eigenvalue weighted by Crippen LogP contribution is -2.02. The third-order valence-corrected chi connectivity index (χ3v) is 9.20. The van der Waals surface area contributed by atoms with Crippen LogP contribution >= 0.6 is 0 Å². The summed E-state index contributed by atoms with van der Waals surface area (Å²) in [5, 5.41) is 4.11. The Bertz CT molecular complexity index is 3030. The van der Waals surface area contributed by atoms with Crippen LogP contribution in [-0.4, -0.2) is 9.55 Å². The minimum Gasteiger partial charge on any atom is -0.296 e. The van der Waals surface area contributed by atoms with Crippen LogP contribution in [0.15, 0.2) is 176 Å². The molecule has 1 heterocycles. The summed E-state index contributed by atoms with van der Waals surface area (Å²) < 4.78 is 84.5. The predicted octanol–water partition coefficient (Wildman–Crippen LogP) is 12.6. The molecule has 0 aliphatic heterocycles. The number of aryl methyl sites for hydroxylation is 1. The summed E-state index contributed by atoms with van der Waals surface area (Å²) in [6.07, 6.45) is -2.73. The van der Waals surface area contributed by atoms with Gasteiger partial charge in [0.2, 0.25) is 0 Å². The monoisotopic (exact) mass is 636 g/mol. The van der Waals surface area contributed by atoms with Crippen LogP contribution in [0.25, 0.3) is 82.8 Å². The van der Waals surface area contributed by atoms with Crippen molar-refractivity contribution in [1.29, 1.82) is 0 Å². The van der Waals surface area contributed by atoms with E-state index in [-0.39, 0.29) is 35.6 Å². The van der Waals surface area contributed by atoms with Crippen molar-refractivity contribution in [1.82, 2.24) is 9.55 Å². The Morgan fingerprint density at radius 1 is 0.531 bits per heavy atom. The van der Waals surface area contributed by atoms with Crippen molar-refractivity contribution < 1.29 is 13.7 Å². The molecule has 0 aliphatic rings. The van der Waals surface area contributed by atoms with Crippen LogP contribution in [0.1, 0.15) is 26.4 Å². The van der Waals surface area contributed by atoms with E-state index in [9.17, 15) is 0 Å². The van der Waals surface area contributed by atoms with Gasteiger partial charge in [0.15, 0.2) is 0 Å². The molecule has 2 nitrogen and oxygen atoms in total. The quantitative estimate of drug-likeness (QED) is 0.166. The van der Waals surface area contributed by atoms with Gasteiger partial charge in [-0.1, -0.05) is 164 Å². The molecule has 9 aromatic rings. The molecule has 0 fully saturated rings. The number of aromatic nitrogens is 2. The molecule has 8 aromatic carbocycles. The van der Waals surface area contributed by atoms with Gasteiger partial charge in [-0.3, -0.25) is 4.57 Å². The number of hydrogen-bond acceptors (Lipinski definition) is 1. The fourth-order valence-electron chi connectivity index (χ4n) is 7.03. The van der Waals surface area contributed by atoms with Gasteiger partial charge in [0.05, 0.1) is 23.6 Å². The van der Waals surface area contributed by atoms with Crippen LogP contribution in [0.3, 0.4) is 0 Å². The topological polar surface area (TPSA) is 17.8 Å². The summed E-state index contributed by atoms with van der Waals surface area (Å²) in [6.45, 7) is -2.96. The molecule has 2 heteroatoms. The lowest BCUT2D eigenvalue weighted by molar-refractivity contribution is 0.909. The van der Waals surface area contributed by atoms with Crippen LogP contribution in [-0.2, 0) is 6.37 Å². The van der Waals surface area contributed by atoms with E-state index < -0.39 is 19.3 Å². The first-order chi connectivity index (χ1) is 28.3. The van der Waals surface area contributed by atoms with Gasteiger partial charge in [0.25, 0.3) is 0 Å². The molecule has 0 radical (unpaired) electrons. The number of para-hydroxylation sites is 3. The number of rotatable bonds is 6. The van der Waals surface area contributed by atoms with Crippen LogP contribution in [0.4, 0.5) is 0 Å². The van der Waals surface area contributed by atoms with Gasteiger partial charge in [-0.05, 0) is 78.7 Å². The molecule has 49 heavy (non-hydrogen) atoms. The molecule has 0 atom stereocenters. The second-order valence-corrected chi connectivity index (χ2v) is 11.9. The molecular weight excluding hydrogens is 593 g/mol. The highest BCUT2D eigenvalue weighted by molar-refractivity contribution is 6.21. The highest BCUT2D eigenvalue weighted by Crippen LogP contribution is 2.44. The van der Waals surface area contributed by atoms with E-state index in [0.29, 0.717) is 22.3 Å². The summed E-state index contributed by atoms with van der Waals surface area (Å²) in [7, 11) is 0. The summed E-state index contributed by atoms with van der Waals surface area (Å²) in [4.78, 5) is 4.53. The number of nitrogens with zero attached hydrogens (tertiary/aromatic N) is 2. The van der Waals surface area contributed by atoms with Crippen molar-refractivity contribution in [2.75, 3.05) is 0 Å². The Labute approximate surface area is 300 Å². The number of benzene rings is 8. The van der Waals surface area contributed by atoms with Crippen LogP contribution in [0, 0.1) is 0 Å². The van der Waals surface area contributed by atoms with Crippen molar-refractivity contribution in [2.45, 2.75) is 13.2 Å². The second-order valence-electron chi connectivity index (χ2n) is 11.9. The summed E-state index contributed by atoms with van der Waals surface area (Å²) in [5.41, 5.74) is 7.98. The van der Waals surface area contributed by atoms with E-state index in [1.165, 1.54) is 0 Å². The molecule has 0 N–H and O–H groups in total. The molecule has 0 saturated carbocycles. The van der Waals surface area contributed by atoms with E-state index in [0.717, 1.165) is 54.9 Å².